The van der Waals surface area contributed by atoms with Crippen LogP contribution in [0.1, 0.15) is 18.4 Å². The number of primary amides is 1. The number of amides is 1. The Hall–Kier alpha value is -1.76. The molecule has 1 aromatic carbocycles. The first-order valence-electron chi connectivity index (χ1n) is 7.78. The lowest BCUT2D eigenvalue weighted by atomic mass is 9.98. The number of rotatable bonds is 4. The molecule has 3 N–H and O–H groups in total. The molecule has 7 heteroatoms. The van der Waals surface area contributed by atoms with E-state index in [0.29, 0.717) is 11.8 Å². The number of benzene rings is 1. The average molecular weight is 327 g/mol. The second-order valence-corrected chi connectivity index (χ2v) is 6.40. The van der Waals surface area contributed by atoms with Gasteiger partial charge in [-0.25, -0.2) is 0 Å². The maximum atomic E-state index is 12.6. The number of hydrogen-bond acceptors (Lipinski definition) is 3. The molecule has 2 unspecified atom stereocenters. The Bertz CT molecular complexity index is 573. The fraction of sp³-hybridized carbons (Fsp3) is 0.562. The summed E-state index contributed by atoms with van der Waals surface area (Å²) in [4.78, 5) is 13.0. The predicted octanol–water partition coefficient (Wildman–Crippen LogP) is 2.00. The summed E-state index contributed by atoms with van der Waals surface area (Å²) >= 11 is 0. The number of hydrogen-bond donors (Lipinski definition) is 2. The molecule has 3 rings (SSSR count). The summed E-state index contributed by atoms with van der Waals surface area (Å²) in [5.41, 5.74) is 5.37. The molecule has 2 aliphatic rings. The van der Waals surface area contributed by atoms with Gasteiger partial charge in [-0.1, -0.05) is 0 Å². The third kappa shape index (κ3) is 3.44. The van der Waals surface area contributed by atoms with Crippen LogP contribution in [-0.2, 0) is 11.0 Å². The van der Waals surface area contributed by atoms with Crippen LogP contribution in [0.15, 0.2) is 24.3 Å². The molecular formula is C16H20F3N3O. The summed E-state index contributed by atoms with van der Waals surface area (Å²) in [6.07, 6.45) is -2.22. The summed E-state index contributed by atoms with van der Waals surface area (Å²) in [5.74, 6) is 0.561. The lowest BCUT2D eigenvalue weighted by molar-refractivity contribution is -0.137. The molecule has 1 saturated heterocycles. The lowest BCUT2D eigenvalue weighted by Gasteiger charge is -2.23. The largest absolute Gasteiger partial charge is 0.416 e. The van der Waals surface area contributed by atoms with Gasteiger partial charge in [0.1, 0.15) is 0 Å². The van der Waals surface area contributed by atoms with Crippen molar-refractivity contribution in [3.8, 4) is 0 Å². The van der Waals surface area contributed by atoms with E-state index in [2.05, 4.69) is 10.2 Å². The number of nitrogens with one attached hydrogen (secondary N) is 1. The van der Waals surface area contributed by atoms with E-state index in [-0.39, 0.29) is 18.5 Å². The van der Waals surface area contributed by atoms with Crippen molar-refractivity contribution in [3.63, 3.8) is 0 Å². The number of anilines is 1. The molecule has 1 aromatic rings. The Morgan fingerprint density at radius 1 is 1.22 bits per heavy atom. The number of carbonyl (C=O) groups is 1. The van der Waals surface area contributed by atoms with Gasteiger partial charge in [0.2, 0.25) is 5.91 Å². The molecule has 0 aromatic heterocycles. The van der Waals surface area contributed by atoms with Crippen LogP contribution in [0.4, 0.5) is 18.9 Å². The van der Waals surface area contributed by atoms with Gasteiger partial charge in [0.05, 0.1) is 12.1 Å². The molecule has 2 fully saturated rings. The molecule has 4 nitrogen and oxygen atoms in total. The van der Waals surface area contributed by atoms with Crippen LogP contribution in [0.5, 0.6) is 0 Å². The maximum Gasteiger partial charge on any atom is 0.416 e. The molecule has 126 valence electrons. The second kappa shape index (κ2) is 6.03. The molecule has 0 bridgehead atoms. The molecule has 1 amide bonds. The van der Waals surface area contributed by atoms with Gasteiger partial charge in [-0.05, 0) is 48.9 Å². The Morgan fingerprint density at radius 3 is 2.52 bits per heavy atom. The molecule has 23 heavy (non-hydrogen) atoms. The van der Waals surface area contributed by atoms with Crippen molar-refractivity contribution in [2.45, 2.75) is 25.1 Å². The minimum absolute atomic E-state index is 0.175. The van der Waals surface area contributed by atoms with Gasteiger partial charge in [0, 0.05) is 24.8 Å². The zero-order valence-corrected chi connectivity index (χ0v) is 12.6. The zero-order valence-electron chi connectivity index (χ0n) is 12.6. The van der Waals surface area contributed by atoms with Gasteiger partial charge in [-0.15, -0.1) is 0 Å². The van der Waals surface area contributed by atoms with E-state index in [1.807, 2.05) is 0 Å². The highest BCUT2D eigenvalue weighted by molar-refractivity contribution is 5.75. The van der Waals surface area contributed by atoms with E-state index < -0.39 is 11.7 Å². The topological polar surface area (TPSA) is 58.4 Å². The van der Waals surface area contributed by atoms with E-state index in [1.165, 1.54) is 12.1 Å². The van der Waals surface area contributed by atoms with Crippen LogP contribution in [0, 0.1) is 11.8 Å². The van der Waals surface area contributed by atoms with Gasteiger partial charge in [0.15, 0.2) is 0 Å². The summed E-state index contributed by atoms with van der Waals surface area (Å²) in [5, 5.41) is 3.20. The predicted molar refractivity (Wildman–Crippen MR) is 80.9 cm³/mol. The molecule has 0 spiro atoms. The van der Waals surface area contributed by atoms with Crippen LogP contribution in [0.3, 0.4) is 0 Å². The monoisotopic (exact) mass is 327 g/mol. The van der Waals surface area contributed by atoms with Crippen molar-refractivity contribution in [3.05, 3.63) is 29.8 Å². The van der Waals surface area contributed by atoms with Crippen molar-refractivity contribution >= 4 is 11.6 Å². The summed E-state index contributed by atoms with van der Waals surface area (Å²) in [7, 11) is 0. The summed E-state index contributed by atoms with van der Waals surface area (Å²) in [6, 6.07) is 5.59. The number of fused-ring (bicyclic) bond motifs is 1. The van der Waals surface area contributed by atoms with Gasteiger partial charge in [0.25, 0.3) is 0 Å². The normalized spacial score (nSPS) is 27.3. The minimum atomic E-state index is -4.30. The van der Waals surface area contributed by atoms with E-state index in [0.717, 1.165) is 43.8 Å². The van der Waals surface area contributed by atoms with Crippen LogP contribution >= 0.6 is 0 Å². The molecule has 0 radical (unpaired) electrons. The number of halogens is 3. The van der Waals surface area contributed by atoms with Gasteiger partial charge >= 0.3 is 6.18 Å². The third-order valence-electron chi connectivity index (χ3n) is 4.96. The average Bonchev–Trinajstić information content (AvgIpc) is 3.05. The Kier molecular flexibility index (Phi) is 4.23. The maximum absolute atomic E-state index is 12.6. The van der Waals surface area contributed by atoms with E-state index in [1.54, 1.807) is 0 Å². The standard InChI is InChI=1S/C16H20F3N3O/c17-16(18,19)11-2-4-12(5-3-11)22-8-10-1-6-14(13(10)9-22)21-7-15(20)23/h2-5,10,13-14,21H,1,6-9H2,(H2,20,23)/t10?,13-,14?/m0/s1. The summed E-state index contributed by atoms with van der Waals surface area (Å²) in [6.45, 7) is 1.82. The van der Waals surface area contributed by atoms with Crippen molar-refractivity contribution < 1.29 is 18.0 Å². The first-order valence-corrected chi connectivity index (χ1v) is 7.78. The molecule has 1 aliphatic carbocycles. The van der Waals surface area contributed by atoms with Crippen LogP contribution in [0.25, 0.3) is 0 Å². The highest BCUT2D eigenvalue weighted by Crippen LogP contribution is 2.40. The smallest absolute Gasteiger partial charge is 0.371 e. The number of nitrogens with two attached hydrogens (primary N) is 1. The number of carbonyl (C=O) groups excluding carboxylic acids is 1. The van der Waals surface area contributed by atoms with Crippen molar-refractivity contribution in [2.24, 2.45) is 17.6 Å². The SMILES string of the molecule is NC(=O)CNC1CCC2CN(c3ccc(C(F)(F)F)cc3)C[C@@H]21. The first-order chi connectivity index (χ1) is 10.8. The fourth-order valence-corrected chi connectivity index (χ4v) is 3.82. The van der Waals surface area contributed by atoms with Gasteiger partial charge < -0.3 is 16.0 Å². The molecule has 1 aliphatic heterocycles. The van der Waals surface area contributed by atoms with Gasteiger partial charge in [-0.3, -0.25) is 4.79 Å². The van der Waals surface area contributed by atoms with Crippen LogP contribution < -0.4 is 16.0 Å². The highest BCUT2D eigenvalue weighted by Gasteiger charge is 2.42. The highest BCUT2D eigenvalue weighted by atomic mass is 19.4. The first kappa shape index (κ1) is 16.1. The molecule has 3 atom stereocenters. The van der Waals surface area contributed by atoms with Crippen LogP contribution in [0.2, 0.25) is 0 Å². The van der Waals surface area contributed by atoms with E-state index in [4.69, 9.17) is 5.73 Å². The van der Waals surface area contributed by atoms with E-state index in [9.17, 15) is 18.0 Å². The quantitative estimate of drug-likeness (QED) is 0.889. The number of alkyl halides is 3. The second-order valence-electron chi connectivity index (χ2n) is 6.40. The van der Waals surface area contributed by atoms with Crippen molar-refractivity contribution in [1.29, 1.82) is 0 Å². The number of nitrogens with zero attached hydrogens (tertiary/aromatic N) is 1. The molecule has 1 heterocycles. The van der Waals surface area contributed by atoms with Gasteiger partial charge in [-0.2, -0.15) is 13.2 Å². The van der Waals surface area contributed by atoms with Crippen molar-refractivity contribution in [2.75, 3.05) is 24.5 Å². The van der Waals surface area contributed by atoms with Crippen LogP contribution in [-0.4, -0.2) is 31.6 Å². The molecule has 1 saturated carbocycles. The molecular weight excluding hydrogens is 307 g/mol. The summed E-state index contributed by atoms with van der Waals surface area (Å²) < 4.78 is 37.9. The van der Waals surface area contributed by atoms with Crippen molar-refractivity contribution in [1.82, 2.24) is 5.32 Å². The Morgan fingerprint density at radius 2 is 1.91 bits per heavy atom. The lowest BCUT2D eigenvalue weighted by Crippen LogP contribution is -2.40. The Balaban J connectivity index is 1.64. The third-order valence-corrected chi connectivity index (χ3v) is 4.96. The minimum Gasteiger partial charge on any atom is -0.371 e. The fourth-order valence-electron chi connectivity index (χ4n) is 3.82. The van der Waals surface area contributed by atoms with E-state index >= 15 is 0 Å². The Labute approximate surface area is 132 Å². The zero-order chi connectivity index (χ0) is 16.6.